The molecule has 4 nitrogen and oxygen atoms in total. The van der Waals surface area contributed by atoms with Crippen molar-refractivity contribution in [2.24, 2.45) is 7.05 Å². The minimum atomic E-state index is -0.278. The zero-order valence-corrected chi connectivity index (χ0v) is 9.40. The van der Waals surface area contributed by atoms with E-state index in [2.05, 4.69) is 12.0 Å². The first-order chi connectivity index (χ1) is 7.24. The van der Waals surface area contributed by atoms with E-state index in [0.717, 1.165) is 12.8 Å². The summed E-state index contributed by atoms with van der Waals surface area (Å²) >= 11 is 0. The van der Waals surface area contributed by atoms with Crippen molar-refractivity contribution in [3.8, 4) is 0 Å². The Hall–Kier alpha value is -1.32. The van der Waals surface area contributed by atoms with E-state index in [4.69, 9.17) is 4.74 Å². The Bertz CT molecular complexity index is 307. The number of hydrogen-bond donors (Lipinski definition) is 0. The van der Waals surface area contributed by atoms with Gasteiger partial charge in [0.1, 0.15) is 0 Å². The second kappa shape index (κ2) is 6.22. The lowest BCUT2D eigenvalue weighted by Crippen LogP contribution is -2.05. The fraction of sp³-hybridized carbons (Fsp3) is 0.636. The minimum absolute atomic E-state index is 0.278. The lowest BCUT2D eigenvalue weighted by Gasteiger charge is -2.02. The van der Waals surface area contributed by atoms with Gasteiger partial charge in [-0.15, -0.1) is 0 Å². The molecule has 1 rings (SSSR count). The van der Waals surface area contributed by atoms with Crippen molar-refractivity contribution in [1.82, 2.24) is 9.78 Å². The van der Waals surface area contributed by atoms with Gasteiger partial charge in [0.15, 0.2) is 0 Å². The van der Waals surface area contributed by atoms with Gasteiger partial charge >= 0.3 is 5.97 Å². The Morgan fingerprint density at radius 3 is 2.87 bits per heavy atom. The molecule has 15 heavy (non-hydrogen) atoms. The van der Waals surface area contributed by atoms with Crippen LogP contribution in [0.15, 0.2) is 12.4 Å². The summed E-state index contributed by atoms with van der Waals surface area (Å²) in [7, 11) is 1.78. The Kier molecular flexibility index (Phi) is 4.87. The third-order valence-corrected chi connectivity index (χ3v) is 2.17. The second-order valence-corrected chi connectivity index (χ2v) is 3.60. The number of carbonyl (C=O) groups is 1. The van der Waals surface area contributed by atoms with E-state index >= 15 is 0 Å². The van der Waals surface area contributed by atoms with Crippen LogP contribution in [-0.4, -0.2) is 22.4 Å². The van der Waals surface area contributed by atoms with Crippen LogP contribution in [-0.2, 0) is 11.8 Å². The standard InChI is InChI=1S/C11H18N2O2/c1-3-4-5-6-7-15-11(14)10-8-12-13(2)9-10/h8-9H,3-7H2,1-2H3. The van der Waals surface area contributed by atoms with Crippen molar-refractivity contribution in [2.75, 3.05) is 6.61 Å². The van der Waals surface area contributed by atoms with E-state index in [1.807, 2.05) is 0 Å². The molecule has 0 atom stereocenters. The monoisotopic (exact) mass is 210 g/mol. The highest BCUT2D eigenvalue weighted by molar-refractivity contribution is 5.88. The maximum atomic E-state index is 11.4. The van der Waals surface area contributed by atoms with Crippen LogP contribution in [0.2, 0.25) is 0 Å². The number of aryl methyl sites for hydroxylation is 1. The van der Waals surface area contributed by atoms with Crippen LogP contribution in [0.25, 0.3) is 0 Å². The molecular weight excluding hydrogens is 192 g/mol. The van der Waals surface area contributed by atoms with Gasteiger partial charge in [-0.25, -0.2) is 4.79 Å². The molecule has 0 amide bonds. The SMILES string of the molecule is CCCCCCOC(=O)c1cnn(C)c1. The smallest absolute Gasteiger partial charge is 0.341 e. The summed E-state index contributed by atoms with van der Waals surface area (Å²) in [4.78, 5) is 11.4. The topological polar surface area (TPSA) is 44.1 Å². The highest BCUT2D eigenvalue weighted by atomic mass is 16.5. The van der Waals surface area contributed by atoms with Gasteiger partial charge in [-0.3, -0.25) is 4.68 Å². The van der Waals surface area contributed by atoms with E-state index in [9.17, 15) is 4.79 Å². The number of ether oxygens (including phenoxy) is 1. The van der Waals surface area contributed by atoms with Gasteiger partial charge in [0.2, 0.25) is 0 Å². The summed E-state index contributed by atoms with van der Waals surface area (Å²) in [6, 6.07) is 0. The molecule has 4 heteroatoms. The maximum absolute atomic E-state index is 11.4. The first kappa shape index (κ1) is 11.8. The van der Waals surface area contributed by atoms with Crippen LogP contribution in [0.5, 0.6) is 0 Å². The Balaban J connectivity index is 2.19. The van der Waals surface area contributed by atoms with Crippen LogP contribution in [0.3, 0.4) is 0 Å². The fourth-order valence-electron chi connectivity index (χ4n) is 1.30. The molecule has 0 spiro atoms. The summed E-state index contributed by atoms with van der Waals surface area (Å²) in [5.74, 6) is -0.278. The maximum Gasteiger partial charge on any atom is 0.341 e. The molecule has 0 aliphatic carbocycles. The van der Waals surface area contributed by atoms with E-state index < -0.39 is 0 Å². The zero-order chi connectivity index (χ0) is 11.1. The van der Waals surface area contributed by atoms with Crippen LogP contribution < -0.4 is 0 Å². The van der Waals surface area contributed by atoms with Crippen molar-refractivity contribution in [2.45, 2.75) is 32.6 Å². The summed E-state index contributed by atoms with van der Waals surface area (Å²) in [5, 5.41) is 3.91. The average molecular weight is 210 g/mol. The first-order valence-electron chi connectivity index (χ1n) is 5.39. The van der Waals surface area contributed by atoms with Crippen molar-refractivity contribution >= 4 is 5.97 Å². The predicted molar refractivity (Wildman–Crippen MR) is 57.6 cm³/mol. The predicted octanol–water partition coefficient (Wildman–Crippen LogP) is 2.16. The van der Waals surface area contributed by atoms with Crippen LogP contribution in [0.1, 0.15) is 43.0 Å². The third-order valence-electron chi connectivity index (χ3n) is 2.17. The molecule has 0 aromatic carbocycles. The van der Waals surface area contributed by atoms with Crippen molar-refractivity contribution in [3.63, 3.8) is 0 Å². The molecule has 0 saturated carbocycles. The number of nitrogens with zero attached hydrogens (tertiary/aromatic N) is 2. The third kappa shape index (κ3) is 4.14. The van der Waals surface area contributed by atoms with Gasteiger partial charge in [0, 0.05) is 13.2 Å². The lowest BCUT2D eigenvalue weighted by molar-refractivity contribution is 0.0497. The molecule has 1 heterocycles. The van der Waals surface area contributed by atoms with E-state index in [0.29, 0.717) is 12.2 Å². The Morgan fingerprint density at radius 1 is 1.47 bits per heavy atom. The zero-order valence-electron chi connectivity index (χ0n) is 9.40. The number of aromatic nitrogens is 2. The fourth-order valence-corrected chi connectivity index (χ4v) is 1.30. The molecule has 0 bridgehead atoms. The average Bonchev–Trinajstić information content (AvgIpc) is 2.64. The number of unbranched alkanes of at least 4 members (excludes halogenated alkanes) is 3. The van der Waals surface area contributed by atoms with Crippen molar-refractivity contribution in [3.05, 3.63) is 18.0 Å². The number of esters is 1. The molecule has 1 aromatic rings. The quantitative estimate of drug-likeness (QED) is 0.534. The highest BCUT2D eigenvalue weighted by Crippen LogP contribution is 2.02. The second-order valence-electron chi connectivity index (χ2n) is 3.60. The Labute approximate surface area is 90.2 Å². The number of rotatable bonds is 6. The largest absolute Gasteiger partial charge is 0.462 e. The van der Waals surface area contributed by atoms with Gasteiger partial charge in [-0.05, 0) is 6.42 Å². The van der Waals surface area contributed by atoms with E-state index in [1.165, 1.54) is 19.0 Å². The molecule has 0 aliphatic rings. The molecule has 0 radical (unpaired) electrons. The van der Waals surface area contributed by atoms with Gasteiger partial charge in [0.25, 0.3) is 0 Å². The van der Waals surface area contributed by atoms with Gasteiger partial charge in [0.05, 0.1) is 18.4 Å². The molecule has 0 N–H and O–H groups in total. The van der Waals surface area contributed by atoms with Gasteiger partial charge in [-0.2, -0.15) is 5.10 Å². The van der Waals surface area contributed by atoms with E-state index in [-0.39, 0.29) is 5.97 Å². The van der Waals surface area contributed by atoms with Crippen LogP contribution in [0, 0.1) is 0 Å². The van der Waals surface area contributed by atoms with Gasteiger partial charge < -0.3 is 4.74 Å². The molecule has 0 fully saturated rings. The summed E-state index contributed by atoms with van der Waals surface area (Å²) in [5.41, 5.74) is 0.521. The molecular formula is C11H18N2O2. The van der Waals surface area contributed by atoms with Crippen molar-refractivity contribution < 1.29 is 9.53 Å². The molecule has 84 valence electrons. The molecule has 0 unspecified atom stereocenters. The highest BCUT2D eigenvalue weighted by Gasteiger charge is 2.08. The van der Waals surface area contributed by atoms with Crippen LogP contribution >= 0.6 is 0 Å². The number of carbonyl (C=O) groups excluding carboxylic acids is 1. The molecule has 1 aromatic heterocycles. The van der Waals surface area contributed by atoms with E-state index in [1.54, 1.807) is 17.9 Å². The van der Waals surface area contributed by atoms with Crippen LogP contribution in [0.4, 0.5) is 0 Å². The summed E-state index contributed by atoms with van der Waals surface area (Å²) in [6.07, 6.45) is 7.64. The summed E-state index contributed by atoms with van der Waals surface area (Å²) in [6.45, 7) is 2.66. The van der Waals surface area contributed by atoms with Gasteiger partial charge in [-0.1, -0.05) is 26.2 Å². The first-order valence-corrected chi connectivity index (χ1v) is 5.39. The Morgan fingerprint density at radius 2 is 2.27 bits per heavy atom. The molecule has 0 saturated heterocycles. The molecule has 0 aliphatic heterocycles. The normalized spacial score (nSPS) is 10.3. The minimum Gasteiger partial charge on any atom is -0.462 e. The number of hydrogen-bond acceptors (Lipinski definition) is 3. The van der Waals surface area contributed by atoms with Crippen molar-refractivity contribution in [1.29, 1.82) is 0 Å². The lowest BCUT2D eigenvalue weighted by atomic mass is 10.2. The summed E-state index contributed by atoms with van der Waals surface area (Å²) < 4.78 is 6.69.